The summed E-state index contributed by atoms with van der Waals surface area (Å²) in [5.41, 5.74) is 0. The molecule has 90 valence electrons. The molecule has 1 rings (SSSR count). The van der Waals surface area contributed by atoms with Crippen molar-refractivity contribution in [2.75, 3.05) is 19.8 Å². The Morgan fingerprint density at radius 3 is 2.67 bits per heavy atom. The SMILES string of the molecule is CCC(NC(C)C(C)CO)C1CCOC1. The van der Waals surface area contributed by atoms with E-state index in [4.69, 9.17) is 9.84 Å². The maximum Gasteiger partial charge on any atom is 0.0510 e. The predicted octanol–water partition coefficient (Wildman–Crippen LogP) is 1.41. The van der Waals surface area contributed by atoms with Gasteiger partial charge in [-0.05, 0) is 31.6 Å². The molecule has 15 heavy (non-hydrogen) atoms. The number of rotatable bonds is 6. The van der Waals surface area contributed by atoms with Gasteiger partial charge in [-0.1, -0.05) is 13.8 Å². The van der Waals surface area contributed by atoms with Crippen LogP contribution in [0.2, 0.25) is 0 Å². The van der Waals surface area contributed by atoms with Crippen molar-refractivity contribution in [3.05, 3.63) is 0 Å². The third-order valence-electron chi connectivity index (χ3n) is 3.59. The summed E-state index contributed by atoms with van der Waals surface area (Å²) in [6.07, 6.45) is 2.31. The lowest BCUT2D eigenvalue weighted by molar-refractivity contribution is 0.162. The van der Waals surface area contributed by atoms with Gasteiger partial charge < -0.3 is 15.2 Å². The summed E-state index contributed by atoms with van der Waals surface area (Å²) in [6.45, 7) is 8.51. The summed E-state index contributed by atoms with van der Waals surface area (Å²) in [4.78, 5) is 0. The fourth-order valence-electron chi connectivity index (χ4n) is 2.12. The van der Waals surface area contributed by atoms with E-state index in [1.54, 1.807) is 0 Å². The summed E-state index contributed by atoms with van der Waals surface area (Å²) < 4.78 is 5.42. The van der Waals surface area contributed by atoms with E-state index in [0.29, 0.717) is 23.9 Å². The first kappa shape index (κ1) is 12.9. The zero-order valence-corrected chi connectivity index (χ0v) is 10.2. The van der Waals surface area contributed by atoms with Gasteiger partial charge in [-0.3, -0.25) is 0 Å². The van der Waals surface area contributed by atoms with Gasteiger partial charge in [0.1, 0.15) is 0 Å². The highest BCUT2D eigenvalue weighted by molar-refractivity contribution is 4.82. The van der Waals surface area contributed by atoms with Gasteiger partial charge in [0.2, 0.25) is 0 Å². The van der Waals surface area contributed by atoms with Crippen molar-refractivity contribution in [1.82, 2.24) is 5.32 Å². The molecule has 1 heterocycles. The maximum absolute atomic E-state index is 9.09. The van der Waals surface area contributed by atoms with Crippen LogP contribution in [0.1, 0.15) is 33.6 Å². The van der Waals surface area contributed by atoms with Crippen molar-refractivity contribution in [1.29, 1.82) is 0 Å². The summed E-state index contributed by atoms with van der Waals surface area (Å²) in [5, 5.41) is 12.7. The molecule has 0 saturated carbocycles. The highest BCUT2D eigenvalue weighted by atomic mass is 16.5. The van der Waals surface area contributed by atoms with Gasteiger partial charge in [0.15, 0.2) is 0 Å². The molecule has 1 aliphatic heterocycles. The molecule has 0 aliphatic carbocycles. The summed E-state index contributed by atoms with van der Waals surface area (Å²) >= 11 is 0. The Kier molecular flexibility index (Phi) is 5.58. The molecule has 0 aromatic heterocycles. The molecule has 4 unspecified atom stereocenters. The van der Waals surface area contributed by atoms with Gasteiger partial charge in [0, 0.05) is 25.3 Å². The molecule has 4 atom stereocenters. The first-order chi connectivity index (χ1) is 7.19. The van der Waals surface area contributed by atoms with E-state index >= 15 is 0 Å². The van der Waals surface area contributed by atoms with E-state index in [1.807, 2.05) is 0 Å². The zero-order chi connectivity index (χ0) is 11.3. The van der Waals surface area contributed by atoms with Crippen molar-refractivity contribution in [2.45, 2.75) is 45.7 Å². The van der Waals surface area contributed by atoms with Gasteiger partial charge in [0.05, 0.1) is 6.61 Å². The second-order valence-electron chi connectivity index (χ2n) is 4.75. The summed E-state index contributed by atoms with van der Waals surface area (Å²) in [6, 6.07) is 0.914. The lowest BCUT2D eigenvalue weighted by atomic mass is 9.94. The van der Waals surface area contributed by atoms with E-state index < -0.39 is 0 Å². The highest BCUT2D eigenvalue weighted by Gasteiger charge is 2.26. The molecule has 1 saturated heterocycles. The number of aliphatic hydroxyl groups is 1. The first-order valence-corrected chi connectivity index (χ1v) is 6.13. The number of aliphatic hydroxyl groups excluding tert-OH is 1. The Balaban J connectivity index is 2.38. The molecule has 3 nitrogen and oxygen atoms in total. The number of hydrogen-bond acceptors (Lipinski definition) is 3. The standard InChI is InChI=1S/C12H25NO2/c1-4-12(11-5-6-15-8-11)13-10(3)9(2)7-14/h9-14H,4-8H2,1-3H3. The van der Waals surface area contributed by atoms with Gasteiger partial charge in [-0.15, -0.1) is 0 Å². The van der Waals surface area contributed by atoms with Crippen LogP contribution in [-0.2, 0) is 4.74 Å². The van der Waals surface area contributed by atoms with Gasteiger partial charge in [-0.25, -0.2) is 0 Å². The molecule has 0 amide bonds. The molecule has 0 aromatic rings. The van der Waals surface area contributed by atoms with Gasteiger partial charge >= 0.3 is 0 Å². The van der Waals surface area contributed by atoms with Crippen LogP contribution in [0.25, 0.3) is 0 Å². The first-order valence-electron chi connectivity index (χ1n) is 6.13. The Bertz CT molecular complexity index is 169. The fourth-order valence-corrected chi connectivity index (χ4v) is 2.12. The van der Waals surface area contributed by atoms with Crippen LogP contribution in [0.15, 0.2) is 0 Å². The van der Waals surface area contributed by atoms with E-state index in [-0.39, 0.29) is 6.61 Å². The minimum atomic E-state index is 0.256. The van der Waals surface area contributed by atoms with E-state index in [1.165, 1.54) is 6.42 Å². The van der Waals surface area contributed by atoms with Gasteiger partial charge in [-0.2, -0.15) is 0 Å². The minimum Gasteiger partial charge on any atom is -0.396 e. The van der Waals surface area contributed by atoms with Crippen LogP contribution in [0.3, 0.4) is 0 Å². The Labute approximate surface area is 93.2 Å². The molecule has 3 heteroatoms. The second kappa shape index (κ2) is 6.46. The third kappa shape index (κ3) is 3.74. The lowest BCUT2D eigenvalue weighted by Crippen LogP contribution is -2.45. The molecular weight excluding hydrogens is 190 g/mol. The fraction of sp³-hybridized carbons (Fsp3) is 1.00. The average molecular weight is 215 g/mol. The Morgan fingerprint density at radius 2 is 2.20 bits per heavy atom. The van der Waals surface area contributed by atoms with Crippen LogP contribution >= 0.6 is 0 Å². The van der Waals surface area contributed by atoms with Crippen LogP contribution in [0.4, 0.5) is 0 Å². The normalized spacial score (nSPS) is 27.6. The molecule has 0 spiro atoms. The van der Waals surface area contributed by atoms with Crippen LogP contribution < -0.4 is 5.32 Å². The average Bonchev–Trinajstić information content (AvgIpc) is 2.77. The Hall–Kier alpha value is -0.120. The molecular formula is C12H25NO2. The monoisotopic (exact) mass is 215 g/mol. The van der Waals surface area contributed by atoms with E-state index in [0.717, 1.165) is 19.6 Å². The molecule has 2 N–H and O–H groups in total. The largest absolute Gasteiger partial charge is 0.396 e. The molecule has 0 aromatic carbocycles. The minimum absolute atomic E-state index is 0.256. The summed E-state index contributed by atoms with van der Waals surface area (Å²) in [5.74, 6) is 0.977. The molecule has 1 fully saturated rings. The van der Waals surface area contributed by atoms with E-state index in [9.17, 15) is 0 Å². The number of ether oxygens (including phenoxy) is 1. The second-order valence-corrected chi connectivity index (χ2v) is 4.75. The summed E-state index contributed by atoms with van der Waals surface area (Å²) in [7, 11) is 0. The molecule has 1 aliphatic rings. The van der Waals surface area contributed by atoms with Crippen molar-refractivity contribution in [3.63, 3.8) is 0 Å². The van der Waals surface area contributed by atoms with Crippen LogP contribution in [0.5, 0.6) is 0 Å². The third-order valence-corrected chi connectivity index (χ3v) is 3.59. The van der Waals surface area contributed by atoms with Gasteiger partial charge in [0.25, 0.3) is 0 Å². The van der Waals surface area contributed by atoms with Crippen LogP contribution in [-0.4, -0.2) is 37.0 Å². The topological polar surface area (TPSA) is 41.5 Å². The zero-order valence-electron chi connectivity index (χ0n) is 10.2. The lowest BCUT2D eigenvalue weighted by Gasteiger charge is -2.29. The van der Waals surface area contributed by atoms with E-state index in [2.05, 4.69) is 26.1 Å². The Morgan fingerprint density at radius 1 is 1.47 bits per heavy atom. The van der Waals surface area contributed by atoms with Crippen molar-refractivity contribution in [2.24, 2.45) is 11.8 Å². The number of hydrogen-bond donors (Lipinski definition) is 2. The number of nitrogens with one attached hydrogen (secondary N) is 1. The molecule has 0 radical (unpaired) electrons. The van der Waals surface area contributed by atoms with Crippen LogP contribution in [0, 0.1) is 11.8 Å². The van der Waals surface area contributed by atoms with Crippen molar-refractivity contribution in [3.8, 4) is 0 Å². The smallest absolute Gasteiger partial charge is 0.0510 e. The highest BCUT2D eigenvalue weighted by Crippen LogP contribution is 2.20. The maximum atomic E-state index is 9.09. The quantitative estimate of drug-likeness (QED) is 0.704. The molecule has 0 bridgehead atoms. The van der Waals surface area contributed by atoms with Crippen molar-refractivity contribution >= 4 is 0 Å². The van der Waals surface area contributed by atoms with Crippen molar-refractivity contribution < 1.29 is 9.84 Å². The predicted molar refractivity (Wildman–Crippen MR) is 61.9 cm³/mol.